The van der Waals surface area contributed by atoms with Gasteiger partial charge in [-0.05, 0) is 48.0 Å². The van der Waals surface area contributed by atoms with Gasteiger partial charge in [0.25, 0.3) is 5.91 Å². The Balaban J connectivity index is 1.56. The van der Waals surface area contributed by atoms with E-state index in [1.165, 1.54) is 36.7 Å². The summed E-state index contributed by atoms with van der Waals surface area (Å²) in [6.07, 6.45) is 1.36. The van der Waals surface area contributed by atoms with Crippen molar-refractivity contribution in [2.45, 2.75) is 0 Å². The van der Waals surface area contributed by atoms with E-state index in [0.717, 1.165) is 0 Å². The largest absolute Gasteiger partial charge is 0.497 e. The van der Waals surface area contributed by atoms with E-state index in [4.69, 9.17) is 9.47 Å². The summed E-state index contributed by atoms with van der Waals surface area (Å²) in [6, 6.07) is 14.3. The number of nitrogens with one attached hydrogen (secondary N) is 1. The van der Waals surface area contributed by atoms with Gasteiger partial charge in [0.05, 0.1) is 12.8 Å². The molecule has 0 atom stereocenters. The van der Waals surface area contributed by atoms with Gasteiger partial charge in [0.1, 0.15) is 23.2 Å². The van der Waals surface area contributed by atoms with Crippen molar-refractivity contribution >= 4 is 34.4 Å². The van der Waals surface area contributed by atoms with Crippen molar-refractivity contribution in [3.63, 3.8) is 0 Å². The molecule has 1 aromatic heterocycles. The number of hydrogen-bond donors (Lipinski definition) is 1. The molecule has 156 valence electrons. The Labute approximate surface area is 181 Å². The number of anilines is 1. The van der Waals surface area contributed by atoms with Gasteiger partial charge >= 0.3 is 5.97 Å². The van der Waals surface area contributed by atoms with Crippen LogP contribution in [0.15, 0.2) is 59.5 Å². The number of thiazole rings is 1. The van der Waals surface area contributed by atoms with Gasteiger partial charge in [0, 0.05) is 10.9 Å². The van der Waals surface area contributed by atoms with Crippen LogP contribution in [-0.2, 0) is 14.3 Å². The molecule has 2 aromatic carbocycles. The van der Waals surface area contributed by atoms with E-state index >= 15 is 0 Å². The van der Waals surface area contributed by atoms with Crippen LogP contribution in [0.3, 0.4) is 0 Å². The zero-order valence-electron chi connectivity index (χ0n) is 16.3. The molecule has 1 heterocycles. The lowest BCUT2D eigenvalue weighted by Crippen LogP contribution is -2.21. The third kappa shape index (κ3) is 5.98. The first kappa shape index (κ1) is 21.7. The maximum Gasteiger partial charge on any atom is 0.349 e. The van der Waals surface area contributed by atoms with Crippen LogP contribution in [0.2, 0.25) is 0 Å². The summed E-state index contributed by atoms with van der Waals surface area (Å²) in [5.41, 5.74) is 1.64. The Morgan fingerprint density at radius 1 is 1.19 bits per heavy atom. The predicted octanol–water partition coefficient (Wildman–Crippen LogP) is 4.05. The zero-order valence-corrected chi connectivity index (χ0v) is 17.1. The van der Waals surface area contributed by atoms with E-state index < -0.39 is 18.5 Å². The molecule has 0 aliphatic rings. The Morgan fingerprint density at radius 2 is 1.90 bits per heavy atom. The summed E-state index contributed by atoms with van der Waals surface area (Å²) in [7, 11) is 1.53. The Bertz CT molecular complexity index is 1150. The fraction of sp³-hybridized carbons (Fsp3) is 0.0909. The Hall–Kier alpha value is -4.03. The second-order valence-electron chi connectivity index (χ2n) is 6.11. The lowest BCUT2D eigenvalue weighted by atomic mass is 10.1. The third-order valence-corrected chi connectivity index (χ3v) is 4.75. The lowest BCUT2D eigenvalue weighted by Gasteiger charge is -2.04. The fourth-order valence-electron chi connectivity index (χ4n) is 2.45. The molecule has 0 spiro atoms. The molecule has 3 rings (SSSR count). The highest BCUT2D eigenvalue weighted by Gasteiger charge is 2.14. The van der Waals surface area contributed by atoms with Gasteiger partial charge in [-0.1, -0.05) is 12.1 Å². The molecular formula is C22H16FN3O4S. The van der Waals surface area contributed by atoms with E-state index in [9.17, 15) is 19.2 Å². The van der Waals surface area contributed by atoms with Gasteiger partial charge in [-0.2, -0.15) is 5.26 Å². The normalized spacial score (nSPS) is 10.8. The number of methoxy groups -OCH3 is 1. The van der Waals surface area contributed by atoms with E-state index in [2.05, 4.69) is 10.3 Å². The van der Waals surface area contributed by atoms with Crippen LogP contribution >= 0.6 is 11.3 Å². The van der Waals surface area contributed by atoms with Crippen LogP contribution in [0.25, 0.3) is 17.3 Å². The number of halogens is 1. The monoisotopic (exact) mass is 437 g/mol. The maximum absolute atomic E-state index is 13.0. The topological polar surface area (TPSA) is 101 Å². The number of rotatable bonds is 7. The van der Waals surface area contributed by atoms with Crippen LogP contribution in [0.5, 0.6) is 5.75 Å². The van der Waals surface area contributed by atoms with Crippen molar-refractivity contribution in [1.29, 1.82) is 5.26 Å². The van der Waals surface area contributed by atoms with E-state index in [0.29, 0.717) is 27.7 Å². The molecule has 0 unspecified atom stereocenters. The second-order valence-corrected chi connectivity index (χ2v) is 6.97. The van der Waals surface area contributed by atoms with E-state index in [1.54, 1.807) is 47.8 Å². The van der Waals surface area contributed by atoms with Gasteiger partial charge in [-0.25, -0.2) is 14.2 Å². The molecule has 1 amide bonds. The van der Waals surface area contributed by atoms with Crippen molar-refractivity contribution in [3.8, 4) is 23.1 Å². The fourth-order valence-corrected chi connectivity index (χ4v) is 3.19. The molecular weight excluding hydrogens is 421 g/mol. The van der Waals surface area contributed by atoms with Crippen LogP contribution in [0, 0.1) is 17.1 Å². The average molecular weight is 437 g/mol. The van der Waals surface area contributed by atoms with Crippen LogP contribution in [0.4, 0.5) is 9.52 Å². The molecule has 0 aliphatic carbocycles. The predicted molar refractivity (Wildman–Crippen MR) is 114 cm³/mol. The molecule has 0 saturated heterocycles. The standard InChI is InChI=1S/C22H16FN3O4S/c1-29-18-8-2-14(3-9-18)10-16(11-24)21(28)30-12-20(27)26-22-25-19(13-31-22)15-4-6-17(23)7-5-15/h2-10,13H,12H2,1H3,(H,25,26,27)/b16-10+. The Kier molecular flexibility index (Phi) is 7.09. The maximum atomic E-state index is 13.0. The van der Waals surface area contributed by atoms with E-state index in [-0.39, 0.29) is 11.4 Å². The minimum Gasteiger partial charge on any atom is -0.497 e. The number of ether oxygens (including phenoxy) is 2. The minimum atomic E-state index is -0.917. The smallest absolute Gasteiger partial charge is 0.349 e. The van der Waals surface area contributed by atoms with Gasteiger partial charge in [-0.15, -0.1) is 11.3 Å². The summed E-state index contributed by atoms with van der Waals surface area (Å²) in [6.45, 7) is -0.577. The summed E-state index contributed by atoms with van der Waals surface area (Å²) < 4.78 is 23.0. The molecule has 31 heavy (non-hydrogen) atoms. The molecule has 0 radical (unpaired) electrons. The molecule has 0 aliphatic heterocycles. The van der Waals surface area contributed by atoms with Gasteiger partial charge in [0.15, 0.2) is 11.7 Å². The number of carbonyl (C=O) groups excluding carboxylic acids is 2. The van der Waals surface area contributed by atoms with Crippen molar-refractivity contribution < 1.29 is 23.5 Å². The van der Waals surface area contributed by atoms with Crippen LogP contribution < -0.4 is 10.1 Å². The first-order valence-corrected chi connectivity index (χ1v) is 9.81. The van der Waals surface area contributed by atoms with Crippen molar-refractivity contribution in [1.82, 2.24) is 4.98 Å². The van der Waals surface area contributed by atoms with Gasteiger partial charge in [0.2, 0.25) is 0 Å². The summed E-state index contributed by atoms with van der Waals surface area (Å²) in [4.78, 5) is 28.4. The minimum absolute atomic E-state index is 0.245. The molecule has 0 fully saturated rings. The number of nitrogens with zero attached hydrogens (tertiary/aromatic N) is 2. The molecule has 0 saturated carbocycles. The van der Waals surface area contributed by atoms with Crippen molar-refractivity contribution in [2.75, 3.05) is 19.0 Å². The molecule has 7 nitrogen and oxygen atoms in total. The van der Waals surface area contributed by atoms with Crippen LogP contribution in [0.1, 0.15) is 5.56 Å². The SMILES string of the molecule is COc1ccc(/C=C(\C#N)C(=O)OCC(=O)Nc2nc(-c3ccc(F)cc3)cs2)cc1. The number of hydrogen-bond acceptors (Lipinski definition) is 7. The van der Waals surface area contributed by atoms with Crippen molar-refractivity contribution in [3.05, 3.63) is 70.9 Å². The molecule has 1 N–H and O–H groups in total. The molecule has 3 aromatic rings. The molecule has 9 heteroatoms. The van der Waals surface area contributed by atoms with E-state index in [1.807, 2.05) is 0 Å². The highest BCUT2D eigenvalue weighted by molar-refractivity contribution is 7.14. The summed E-state index contributed by atoms with van der Waals surface area (Å²) in [5, 5.41) is 13.7. The van der Waals surface area contributed by atoms with Crippen molar-refractivity contribution in [2.24, 2.45) is 0 Å². The number of nitriles is 1. The summed E-state index contributed by atoms with van der Waals surface area (Å²) >= 11 is 1.18. The highest BCUT2D eigenvalue weighted by Crippen LogP contribution is 2.25. The number of esters is 1. The second kappa shape index (κ2) is 10.1. The summed E-state index contributed by atoms with van der Waals surface area (Å²) in [5.74, 6) is -1.23. The lowest BCUT2D eigenvalue weighted by molar-refractivity contribution is -0.142. The zero-order chi connectivity index (χ0) is 22.2. The van der Waals surface area contributed by atoms with Gasteiger partial charge < -0.3 is 9.47 Å². The van der Waals surface area contributed by atoms with Crippen LogP contribution in [-0.4, -0.2) is 30.6 Å². The number of carbonyl (C=O) groups is 2. The van der Waals surface area contributed by atoms with Gasteiger partial charge in [-0.3, -0.25) is 10.1 Å². The third-order valence-electron chi connectivity index (χ3n) is 3.99. The highest BCUT2D eigenvalue weighted by atomic mass is 32.1. The number of amides is 1. The first-order chi connectivity index (χ1) is 15.0. The molecule has 0 bridgehead atoms. The Morgan fingerprint density at radius 3 is 2.55 bits per heavy atom. The quantitative estimate of drug-likeness (QED) is 0.340. The number of aromatic nitrogens is 1. The average Bonchev–Trinajstić information content (AvgIpc) is 3.25. The first-order valence-electron chi connectivity index (χ1n) is 8.93. The number of benzene rings is 2.